The number of hydrogen-bond donors (Lipinski definition) is 0. The van der Waals surface area contributed by atoms with E-state index >= 15 is 0 Å². The SMILES string of the molecule is CC(C)CN(C)C(C#N)C12CC3CC(CC(C3)C1)C2. The normalized spacial score (nSPS) is 41.8. The summed E-state index contributed by atoms with van der Waals surface area (Å²) in [5, 5.41) is 9.78. The molecule has 19 heavy (non-hydrogen) atoms. The minimum atomic E-state index is 0.156. The fourth-order valence-corrected chi connectivity index (χ4v) is 5.90. The average Bonchev–Trinajstić information content (AvgIpc) is 2.25. The van der Waals surface area contributed by atoms with Gasteiger partial charge in [0.25, 0.3) is 0 Å². The van der Waals surface area contributed by atoms with Gasteiger partial charge in [-0.1, -0.05) is 13.8 Å². The van der Waals surface area contributed by atoms with Crippen molar-refractivity contribution in [1.82, 2.24) is 4.90 Å². The second-order valence-corrected chi connectivity index (χ2v) is 8.14. The van der Waals surface area contributed by atoms with Gasteiger partial charge in [0.1, 0.15) is 6.04 Å². The number of nitriles is 1. The van der Waals surface area contributed by atoms with Gasteiger partial charge in [0, 0.05) is 12.0 Å². The molecule has 2 heteroatoms. The van der Waals surface area contributed by atoms with Crippen molar-refractivity contribution in [1.29, 1.82) is 5.26 Å². The standard InChI is InChI=1S/C17H28N2/c1-12(2)11-19(3)16(10-18)17-7-13-4-14(8-17)6-15(5-13)9-17/h12-16H,4-9,11H2,1-3H3. The summed E-state index contributed by atoms with van der Waals surface area (Å²) < 4.78 is 0. The van der Waals surface area contributed by atoms with Crippen LogP contribution in [0.3, 0.4) is 0 Å². The van der Waals surface area contributed by atoms with Gasteiger partial charge in [0.15, 0.2) is 0 Å². The van der Waals surface area contributed by atoms with Crippen LogP contribution in [0, 0.1) is 40.4 Å². The molecule has 0 aromatic carbocycles. The summed E-state index contributed by atoms with van der Waals surface area (Å²) in [7, 11) is 2.17. The highest BCUT2D eigenvalue weighted by Gasteiger charge is 2.55. The molecule has 4 saturated carbocycles. The summed E-state index contributed by atoms with van der Waals surface area (Å²) in [6.45, 7) is 5.56. The molecular weight excluding hydrogens is 232 g/mol. The van der Waals surface area contributed by atoms with Crippen molar-refractivity contribution in [3.05, 3.63) is 0 Å². The van der Waals surface area contributed by atoms with Gasteiger partial charge in [-0.2, -0.15) is 5.26 Å². The van der Waals surface area contributed by atoms with Crippen molar-refractivity contribution in [2.45, 2.75) is 58.4 Å². The van der Waals surface area contributed by atoms with Gasteiger partial charge in [-0.15, -0.1) is 0 Å². The molecule has 0 radical (unpaired) electrons. The van der Waals surface area contributed by atoms with E-state index < -0.39 is 0 Å². The zero-order valence-electron chi connectivity index (χ0n) is 12.7. The highest BCUT2D eigenvalue weighted by atomic mass is 15.1. The fraction of sp³-hybridized carbons (Fsp3) is 0.941. The van der Waals surface area contributed by atoms with E-state index in [2.05, 4.69) is 31.9 Å². The fourth-order valence-electron chi connectivity index (χ4n) is 5.90. The average molecular weight is 260 g/mol. The molecule has 1 atom stereocenters. The maximum absolute atomic E-state index is 9.78. The third-order valence-electron chi connectivity index (χ3n) is 5.88. The lowest BCUT2D eigenvalue weighted by atomic mass is 9.47. The van der Waals surface area contributed by atoms with Crippen LogP contribution >= 0.6 is 0 Å². The van der Waals surface area contributed by atoms with E-state index in [1.807, 2.05) is 0 Å². The van der Waals surface area contributed by atoms with Gasteiger partial charge in [-0.05, 0) is 69.2 Å². The molecular formula is C17H28N2. The van der Waals surface area contributed by atoms with Gasteiger partial charge in [0.05, 0.1) is 6.07 Å². The molecule has 0 heterocycles. The number of nitrogens with zero attached hydrogens (tertiary/aromatic N) is 2. The Labute approximate surface area is 118 Å². The molecule has 4 aliphatic rings. The minimum Gasteiger partial charge on any atom is -0.290 e. The van der Waals surface area contributed by atoms with Gasteiger partial charge in [0.2, 0.25) is 0 Å². The first kappa shape index (κ1) is 13.4. The van der Waals surface area contributed by atoms with E-state index in [4.69, 9.17) is 0 Å². The molecule has 0 saturated heterocycles. The zero-order valence-corrected chi connectivity index (χ0v) is 12.7. The van der Waals surface area contributed by atoms with Gasteiger partial charge < -0.3 is 0 Å². The van der Waals surface area contributed by atoms with E-state index in [9.17, 15) is 5.26 Å². The molecule has 1 unspecified atom stereocenters. The second-order valence-electron chi connectivity index (χ2n) is 8.14. The summed E-state index contributed by atoms with van der Waals surface area (Å²) >= 11 is 0. The summed E-state index contributed by atoms with van der Waals surface area (Å²) in [6.07, 6.45) is 8.39. The minimum absolute atomic E-state index is 0.156. The summed E-state index contributed by atoms with van der Waals surface area (Å²) in [4.78, 5) is 2.36. The lowest BCUT2D eigenvalue weighted by Gasteiger charge is -2.59. The quantitative estimate of drug-likeness (QED) is 0.771. The predicted molar refractivity (Wildman–Crippen MR) is 77.5 cm³/mol. The predicted octanol–water partition coefficient (Wildman–Crippen LogP) is 3.68. The van der Waals surface area contributed by atoms with Crippen LogP contribution in [0.15, 0.2) is 0 Å². The van der Waals surface area contributed by atoms with Crippen LogP contribution in [0.25, 0.3) is 0 Å². The van der Waals surface area contributed by atoms with Crippen molar-refractivity contribution in [3.8, 4) is 6.07 Å². The summed E-state index contributed by atoms with van der Waals surface area (Å²) in [5.74, 6) is 3.47. The van der Waals surface area contributed by atoms with E-state index in [0.29, 0.717) is 11.3 Å². The van der Waals surface area contributed by atoms with Crippen LogP contribution in [0.2, 0.25) is 0 Å². The molecule has 4 aliphatic carbocycles. The molecule has 0 N–H and O–H groups in total. The van der Waals surface area contributed by atoms with E-state index in [1.165, 1.54) is 38.5 Å². The van der Waals surface area contributed by atoms with Gasteiger partial charge >= 0.3 is 0 Å². The van der Waals surface area contributed by atoms with E-state index in [1.54, 1.807) is 0 Å². The number of rotatable bonds is 4. The Hall–Kier alpha value is -0.550. The smallest absolute Gasteiger partial charge is 0.103 e. The topological polar surface area (TPSA) is 27.0 Å². The molecule has 2 nitrogen and oxygen atoms in total. The first-order valence-corrected chi connectivity index (χ1v) is 8.12. The molecule has 0 spiro atoms. The second kappa shape index (κ2) is 4.77. The first-order chi connectivity index (χ1) is 9.02. The molecule has 0 aliphatic heterocycles. The largest absolute Gasteiger partial charge is 0.290 e. The third-order valence-corrected chi connectivity index (χ3v) is 5.88. The van der Waals surface area contributed by atoms with Crippen LogP contribution in [0.1, 0.15) is 52.4 Å². The Morgan fingerprint density at radius 1 is 1.11 bits per heavy atom. The Morgan fingerprint density at radius 2 is 1.58 bits per heavy atom. The van der Waals surface area contributed by atoms with Crippen molar-refractivity contribution in [2.24, 2.45) is 29.1 Å². The van der Waals surface area contributed by atoms with Gasteiger partial charge in [-0.25, -0.2) is 0 Å². The van der Waals surface area contributed by atoms with Crippen LogP contribution < -0.4 is 0 Å². The number of hydrogen-bond acceptors (Lipinski definition) is 2. The third kappa shape index (κ3) is 2.31. The Balaban J connectivity index is 1.81. The van der Waals surface area contributed by atoms with Crippen LogP contribution in [-0.2, 0) is 0 Å². The Morgan fingerprint density at radius 3 is 1.95 bits per heavy atom. The van der Waals surface area contributed by atoms with E-state index in [0.717, 1.165) is 24.3 Å². The molecule has 4 fully saturated rings. The van der Waals surface area contributed by atoms with E-state index in [-0.39, 0.29) is 6.04 Å². The van der Waals surface area contributed by atoms with Crippen molar-refractivity contribution in [2.75, 3.05) is 13.6 Å². The summed E-state index contributed by atoms with van der Waals surface area (Å²) in [5.41, 5.74) is 0.340. The Bertz CT molecular complexity index is 344. The van der Waals surface area contributed by atoms with Crippen LogP contribution in [0.5, 0.6) is 0 Å². The van der Waals surface area contributed by atoms with Crippen molar-refractivity contribution < 1.29 is 0 Å². The zero-order chi connectivity index (χ0) is 13.6. The molecule has 4 rings (SSSR count). The first-order valence-electron chi connectivity index (χ1n) is 8.12. The van der Waals surface area contributed by atoms with Crippen molar-refractivity contribution >= 4 is 0 Å². The van der Waals surface area contributed by atoms with Crippen LogP contribution in [0.4, 0.5) is 0 Å². The highest BCUT2D eigenvalue weighted by Crippen LogP contribution is 2.61. The highest BCUT2D eigenvalue weighted by molar-refractivity contribution is 5.12. The maximum atomic E-state index is 9.78. The molecule has 0 amide bonds. The monoisotopic (exact) mass is 260 g/mol. The molecule has 0 aromatic heterocycles. The summed E-state index contributed by atoms with van der Waals surface area (Å²) in [6, 6.07) is 2.85. The Kier molecular flexibility index (Phi) is 3.38. The molecule has 0 aromatic rings. The van der Waals surface area contributed by atoms with Crippen molar-refractivity contribution in [3.63, 3.8) is 0 Å². The van der Waals surface area contributed by atoms with Crippen LogP contribution in [-0.4, -0.2) is 24.5 Å². The van der Waals surface area contributed by atoms with Gasteiger partial charge in [-0.3, -0.25) is 4.90 Å². The molecule has 4 bridgehead atoms. The lowest BCUT2D eigenvalue weighted by molar-refractivity contribution is -0.0844. The maximum Gasteiger partial charge on any atom is 0.103 e. The lowest BCUT2D eigenvalue weighted by Crippen LogP contribution is -2.56. The molecule has 106 valence electrons.